The molecule has 0 amide bonds. The van der Waals surface area contributed by atoms with E-state index in [4.69, 9.17) is 4.42 Å². The van der Waals surface area contributed by atoms with Crippen LogP contribution in [0.1, 0.15) is 36.8 Å². The summed E-state index contributed by atoms with van der Waals surface area (Å²) in [6.07, 6.45) is 4.69. The largest absolute Gasteiger partial charge is 0.463 e. The molecule has 1 aromatic heterocycles. The van der Waals surface area contributed by atoms with Gasteiger partial charge < -0.3 is 9.73 Å². The molecule has 0 saturated carbocycles. The second-order valence-electron chi connectivity index (χ2n) is 4.83. The van der Waals surface area contributed by atoms with Crippen LogP contribution in [0, 0.1) is 0 Å². The Labute approximate surface area is 108 Å². The lowest BCUT2D eigenvalue weighted by Gasteiger charge is -2.21. The summed E-state index contributed by atoms with van der Waals surface area (Å²) < 4.78 is 29.6. The number of furan rings is 1. The quantitative estimate of drug-likeness (QED) is 0.902. The Morgan fingerprint density at radius 3 is 2.83 bits per heavy atom. The van der Waals surface area contributed by atoms with Crippen molar-refractivity contribution < 1.29 is 12.8 Å². The Balaban J connectivity index is 2.01. The molecule has 6 heteroatoms. The van der Waals surface area contributed by atoms with Crippen molar-refractivity contribution >= 4 is 10.0 Å². The molecule has 0 spiro atoms. The van der Waals surface area contributed by atoms with E-state index in [1.54, 1.807) is 7.05 Å². The van der Waals surface area contributed by atoms with E-state index in [1.807, 2.05) is 12.1 Å². The molecule has 0 aliphatic carbocycles. The van der Waals surface area contributed by atoms with Crippen LogP contribution in [0.2, 0.25) is 0 Å². The van der Waals surface area contributed by atoms with E-state index < -0.39 is 10.0 Å². The molecule has 2 rings (SSSR count). The first kappa shape index (κ1) is 13.6. The molecule has 1 fully saturated rings. The van der Waals surface area contributed by atoms with Gasteiger partial charge in [0.25, 0.3) is 0 Å². The second kappa shape index (κ2) is 5.42. The number of hydrogen-bond acceptors (Lipinski definition) is 4. The maximum absolute atomic E-state index is 11.3. The lowest BCUT2D eigenvalue weighted by Crippen LogP contribution is -2.26. The summed E-state index contributed by atoms with van der Waals surface area (Å²) in [5.41, 5.74) is 0. The maximum Gasteiger partial charge on any atom is 0.211 e. The van der Waals surface area contributed by atoms with Crippen molar-refractivity contribution in [1.82, 2.24) is 9.62 Å². The smallest absolute Gasteiger partial charge is 0.211 e. The number of rotatable bonds is 4. The first-order valence-electron chi connectivity index (χ1n) is 6.20. The van der Waals surface area contributed by atoms with E-state index in [-0.39, 0.29) is 12.6 Å². The molecule has 5 nitrogen and oxygen atoms in total. The van der Waals surface area contributed by atoms with Crippen LogP contribution in [0.4, 0.5) is 0 Å². The summed E-state index contributed by atoms with van der Waals surface area (Å²) in [6.45, 7) is 1.30. The van der Waals surface area contributed by atoms with Crippen molar-refractivity contribution in [3.8, 4) is 0 Å². The van der Waals surface area contributed by atoms with E-state index in [0.717, 1.165) is 18.7 Å². The van der Waals surface area contributed by atoms with Crippen LogP contribution < -0.4 is 5.32 Å². The molecule has 0 unspecified atom stereocenters. The Bertz CT molecular complexity index is 489. The first-order valence-corrected chi connectivity index (χ1v) is 8.05. The van der Waals surface area contributed by atoms with Crippen molar-refractivity contribution in [2.75, 3.05) is 19.8 Å². The molecular formula is C12H20N2O3S. The van der Waals surface area contributed by atoms with E-state index in [9.17, 15) is 8.42 Å². The van der Waals surface area contributed by atoms with Crippen LogP contribution in [-0.4, -0.2) is 32.6 Å². The minimum Gasteiger partial charge on any atom is -0.463 e. The van der Waals surface area contributed by atoms with Crippen LogP contribution in [-0.2, 0) is 16.6 Å². The Morgan fingerprint density at radius 2 is 2.22 bits per heavy atom. The monoisotopic (exact) mass is 272 g/mol. The molecule has 2 heterocycles. The molecule has 1 saturated heterocycles. The molecule has 18 heavy (non-hydrogen) atoms. The van der Waals surface area contributed by atoms with Gasteiger partial charge in [-0.15, -0.1) is 0 Å². The van der Waals surface area contributed by atoms with Crippen LogP contribution >= 0.6 is 0 Å². The van der Waals surface area contributed by atoms with Crippen molar-refractivity contribution in [3.05, 3.63) is 23.7 Å². The van der Waals surface area contributed by atoms with Gasteiger partial charge in [-0.25, -0.2) is 8.42 Å². The molecule has 0 bridgehead atoms. The van der Waals surface area contributed by atoms with Gasteiger partial charge in [-0.05, 0) is 31.5 Å². The van der Waals surface area contributed by atoms with Crippen molar-refractivity contribution in [2.24, 2.45) is 0 Å². The van der Waals surface area contributed by atoms with Gasteiger partial charge in [-0.2, -0.15) is 4.31 Å². The fourth-order valence-corrected chi connectivity index (χ4v) is 2.46. The molecule has 0 radical (unpaired) electrons. The molecule has 1 aliphatic rings. The number of piperidine rings is 1. The molecule has 102 valence electrons. The highest BCUT2D eigenvalue weighted by atomic mass is 32.2. The highest BCUT2D eigenvalue weighted by Gasteiger charge is 2.19. The average Bonchev–Trinajstić information content (AvgIpc) is 2.77. The third kappa shape index (κ3) is 3.34. The summed E-state index contributed by atoms with van der Waals surface area (Å²) in [5.74, 6) is 1.59. The van der Waals surface area contributed by atoms with Crippen LogP contribution in [0.5, 0.6) is 0 Å². The topological polar surface area (TPSA) is 62.6 Å². The molecular weight excluding hydrogens is 252 g/mol. The third-order valence-electron chi connectivity index (χ3n) is 3.28. The molecule has 1 aliphatic heterocycles. The highest BCUT2D eigenvalue weighted by molar-refractivity contribution is 7.88. The number of nitrogens with one attached hydrogen (secondary N) is 1. The van der Waals surface area contributed by atoms with E-state index in [2.05, 4.69) is 5.32 Å². The van der Waals surface area contributed by atoms with Crippen LogP contribution in [0.25, 0.3) is 0 Å². The Kier molecular flexibility index (Phi) is 4.09. The van der Waals surface area contributed by atoms with Gasteiger partial charge in [0.2, 0.25) is 10.0 Å². The van der Waals surface area contributed by atoms with E-state index >= 15 is 0 Å². The Hall–Kier alpha value is -0.850. The third-order valence-corrected chi connectivity index (χ3v) is 4.54. The predicted octanol–water partition coefficient (Wildman–Crippen LogP) is 1.49. The standard InChI is InChI=1S/C12H20N2O3S/c1-14(18(2,15)16)9-10-6-7-12(17-10)11-5-3-4-8-13-11/h6-7,11,13H,3-5,8-9H2,1-2H3/t11-/m1/s1. The number of hydrogen-bond donors (Lipinski definition) is 1. The van der Waals surface area contributed by atoms with Gasteiger partial charge in [0.1, 0.15) is 11.5 Å². The fraction of sp³-hybridized carbons (Fsp3) is 0.667. The van der Waals surface area contributed by atoms with Gasteiger partial charge in [0.05, 0.1) is 18.8 Å². The van der Waals surface area contributed by atoms with Crippen molar-refractivity contribution in [2.45, 2.75) is 31.8 Å². The molecule has 1 aromatic rings. The summed E-state index contributed by atoms with van der Waals surface area (Å²) >= 11 is 0. The van der Waals surface area contributed by atoms with E-state index in [1.165, 1.54) is 23.4 Å². The number of nitrogens with zero attached hydrogens (tertiary/aromatic N) is 1. The van der Waals surface area contributed by atoms with Gasteiger partial charge in [0, 0.05) is 7.05 Å². The minimum absolute atomic E-state index is 0.274. The molecule has 0 aromatic carbocycles. The van der Waals surface area contributed by atoms with E-state index in [0.29, 0.717) is 5.76 Å². The summed E-state index contributed by atoms with van der Waals surface area (Å²) in [5, 5.41) is 3.41. The zero-order chi connectivity index (χ0) is 13.2. The predicted molar refractivity (Wildman–Crippen MR) is 69.6 cm³/mol. The maximum atomic E-state index is 11.3. The first-order chi connectivity index (χ1) is 8.47. The normalized spacial score (nSPS) is 21.4. The second-order valence-corrected chi connectivity index (χ2v) is 6.91. The number of sulfonamides is 1. The molecule has 1 atom stereocenters. The SMILES string of the molecule is CN(Cc1ccc([C@H]2CCCCN2)o1)S(C)(=O)=O. The van der Waals surface area contributed by atoms with Gasteiger partial charge >= 0.3 is 0 Å². The Morgan fingerprint density at radius 1 is 1.44 bits per heavy atom. The summed E-state index contributed by atoms with van der Waals surface area (Å²) in [6, 6.07) is 4.07. The molecule has 1 N–H and O–H groups in total. The summed E-state index contributed by atoms with van der Waals surface area (Å²) in [7, 11) is -1.61. The van der Waals surface area contributed by atoms with Gasteiger partial charge in [-0.1, -0.05) is 6.42 Å². The van der Waals surface area contributed by atoms with Crippen molar-refractivity contribution in [3.63, 3.8) is 0 Å². The average molecular weight is 272 g/mol. The van der Waals surface area contributed by atoms with Crippen LogP contribution in [0.3, 0.4) is 0 Å². The van der Waals surface area contributed by atoms with Crippen molar-refractivity contribution in [1.29, 1.82) is 0 Å². The lowest BCUT2D eigenvalue weighted by molar-refractivity contribution is 0.326. The summed E-state index contributed by atoms with van der Waals surface area (Å²) in [4.78, 5) is 0. The fourth-order valence-electron chi connectivity index (χ4n) is 2.10. The van der Waals surface area contributed by atoms with Gasteiger partial charge in [0.15, 0.2) is 0 Å². The van der Waals surface area contributed by atoms with Crippen LogP contribution in [0.15, 0.2) is 16.5 Å². The zero-order valence-electron chi connectivity index (χ0n) is 10.8. The zero-order valence-corrected chi connectivity index (χ0v) is 11.7. The highest BCUT2D eigenvalue weighted by Crippen LogP contribution is 2.25. The lowest BCUT2D eigenvalue weighted by atomic mass is 10.0. The minimum atomic E-state index is -3.16. The van der Waals surface area contributed by atoms with Gasteiger partial charge in [-0.3, -0.25) is 0 Å².